The van der Waals surface area contributed by atoms with E-state index in [2.05, 4.69) is 5.32 Å². The molecule has 0 spiro atoms. The van der Waals surface area contributed by atoms with Crippen molar-refractivity contribution in [3.05, 3.63) is 29.8 Å². The molecule has 1 aromatic rings. The predicted molar refractivity (Wildman–Crippen MR) is 97.6 cm³/mol. The molecule has 2 amide bonds. The van der Waals surface area contributed by atoms with Crippen molar-refractivity contribution in [3.63, 3.8) is 0 Å². The van der Waals surface area contributed by atoms with Crippen molar-refractivity contribution in [2.24, 2.45) is 0 Å². The Hall–Kier alpha value is -2.06. The summed E-state index contributed by atoms with van der Waals surface area (Å²) in [5.41, 5.74) is 0.620. The van der Waals surface area contributed by atoms with Gasteiger partial charge in [-0.05, 0) is 51.7 Å². The van der Waals surface area contributed by atoms with Crippen LogP contribution in [0.15, 0.2) is 24.3 Å². The van der Waals surface area contributed by atoms with E-state index >= 15 is 0 Å². The number of carbonyl (C=O) groups is 2. The van der Waals surface area contributed by atoms with E-state index in [1.807, 2.05) is 39.8 Å². The van der Waals surface area contributed by atoms with Gasteiger partial charge in [-0.2, -0.15) is 0 Å². The highest BCUT2D eigenvalue weighted by molar-refractivity contribution is 6.62. The van der Waals surface area contributed by atoms with Crippen molar-refractivity contribution >= 4 is 24.6 Å². The Labute approximate surface area is 153 Å². The molecular weight excluding hydrogens is 335 g/mol. The highest BCUT2D eigenvalue weighted by Gasteiger charge is 2.51. The smallest absolute Gasteiger partial charge is 0.465 e. The van der Waals surface area contributed by atoms with Gasteiger partial charge in [0.25, 0.3) is 5.91 Å². The first-order chi connectivity index (χ1) is 12.1. The number of carboxylic acid groups (broad SMARTS) is 1. The Morgan fingerprint density at radius 1 is 1.15 bits per heavy atom. The standard InChI is InChI=1S/C18H25BN2O5/c1-17(2)18(3,4)26-19(25-17)13-7-5-12(6-8-13)15(22)21-10-9-14(11-21)20-16(23)24/h5-8,14,20H,9-11H2,1-4H3,(H,23,24). The third-order valence-corrected chi connectivity index (χ3v) is 5.49. The molecular formula is C18H25BN2O5. The Kier molecular flexibility index (Phi) is 4.75. The maximum atomic E-state index is 12.6. The van der Waals surface area contributed by atoms with Gasteiger partial charge in [0.05, 0.1) is 17.2 Å². The van der Waals surface area contributed by atoms with E-state index in [9.17, 15) is 9.59 Å². The minimum absolute atomic E-state index is 0.0971. The van der Waals surface area contributed by atoms with Crippen LogP contribution in [0.4, 0.5) is 4.79 Å². The zero-order valence-electron chi connectivity index (χ0n) is 15.6. The van der Waals surface area contributed by atoms with Gasteiger partial charge in [-0.15, -0.1) is 0 Å². The molecule has 0 bridgehead atoms. The largest absolute Gasteiger partial charge is 0.494 e. The molecule has 2 saturated heterocycles. The van der Waals surface area contributed by atoms with Crippen LogP contribution in [0, 0.1) is 0 Å². The fourth-order valence-electron chi connectivity index (χ4n) is 3.18. The summed E-state index contributed by atoms with van der Waals surface area (Å²) in [6.07, 6.45) is -0.430. The van der Waals surface area contributed by atoms with Crippen LogP contribution in [0.5, 0.6) is 0 Å². The van der Waals surface area contributed by atoms with Crippen molar-refractivity contribution in [1.29, 1.82) is 0 Å². The van der Waals surface area contributed by atoms with E-state index in [4.69, 9.17) is 14.4 Å². The first-order valence-electron chi connectivity index (χ1n) is 8.83. The van der Waals surface area contributed by atoms with Gasteiger partial charge in [-0.3, -0.25) is 4.79 Å². The molecule has 8 heteroatoms. The summed E-state index contributed by atoms with van der Waals surface area (Å²) >= 11 is 0. The Balaban J connectivity index is 1.65. The first-order valence-corrected chi connectivity index (χ1v) is 8.83. The van der Waals surface area contributed by atoms with Gasteiger partial charge in [-0.25, -0.2) is 4.79 Å². The van der Waals surface area contributed by atoms with Crippen LogP contribution in [-0.4, -0.2) is 59.5 Å². The topological polar surface area (TPSA) is 88.1 Å². The molecule has 2 heterocycles. The van der Waals surface area contributed by atoms with E-state index < -0.39 is 24.4 Å². The zero-order valence-corrected chi connectivity index (χ0v) is 15.6. The van der Waals surface area contributed by atoms with Gasteiger partial charge in [0.2, 0.25) is 0 Å². The number of rotatable bonds is 3. The molecule has 0 radical (unpaired) electrons. The summed E-state index contributed by atoms with van der Waals surface area (Å²) in [7, 11) is -0.458. The molecule has 2 aliphatic heterocycles. The molecule has 0 aliphatic carbocycles. The Bertz CT molecular complexity index is 688. The van der Waals surface area contributed by atoms with Crippen LogP contribution in [0.25, 0.3) is 0 Å². The van der Waals surface area contributed by atoms with Gasteiger partial charge in [0.1, 0.15) is 0 Å². The lowest BCUT2D eigenvalue weighted by Crippen LogP contribution is -2.41. The minimum atomic E-state index is -1.06. The molecule has 2 N–H and O–H groups in total. The van der Waals surface area contributed by atoms with Crippen LogP contribution in [0.1, 0.15) is 44.5 Å². The predicted octanol–water partition coefficient (Wildman–Crippen LogP) is 1.47. The summed E-state index contributed by atoms with van der Waals surface area (Å²) < 4.78 is 12.0. The number of carbonyl (C=O) groups excluding carboxylic acids is 1. The number of nitrogens with zero attached hydrogens (tertiary/aromatic N) is 1. The quantitative estimate of drug-likeness (QED) is 0.797. The van der Waals surface area contributed by atoms with Gasteiger partial charge >= 0.3 is 13.2 Å². The number of nitrogens with one attached hydrogen (secondary N) is 1. The Morgan fingerprint density at radius 2 is 1.73 bits per heavy atom. The summed E-state index contributed by atoms with van der Waals surface area (Å²) in [5.74, 6) is -0.0971. The van der Waals surface area contributed by atoms with Gasteiger partial charge < -0.3 is 24.6 Å². The third-order valence-electron chi connectivity index (χ3n) is 5.49. The Morgan fingerprint density at radius 3 is 2.27 bits per heavy atom. The molecule has 2 fully saturated rings. The summed E-state index contributed by atoms with van der Waals surface area (Å²) in [4.78, 5) is 25.0. The summed E-state index contributed by atoms with van der Waals surface area (Å²) in [6, 6.07) is 7.01. The number of amides is 2. The monoisotopic (exact) mass is 360 g/mol. The molecule has 1 unspecified atom stereocenters. The number of hydrogen-bond donors (Lipinski definition) is 2. The number of likely N-dealkylation sites (tertiary alicyclic amines) is 1. The molecule has 3 rings (SSSR count). The second-order valence-corrected chi connectivity index (χ2v) is 7.90. The highest BCUT2D eigenvalue weighted by Crippen LogP contribution is 2.36. The molecule has 1 atom stereocenters. The minimum Gasteiger partial charge on any atom is -0.465 e. The first kappa shape index (κ1) is 18.7. The van der Waals surface area contributed by atoms with Crippen molar-refractivity contribution in [2.45, 2.75) is 51.4 Å². The molecule has 26 heavy (non-hydrogen) atoms. The van der Waals surface area contributed by atoms with Crippen LogP contribution >= 0.6 is 0 Å². The van der Waals surface area contributed by atoms with Crippen LogP contribution < -0.4 is 10.8 Å². The van der Waals surface area contributed by atoms with Crippen molar-refractivity contribution in [3.8, 4) is 0 Å². The summed E-state index contributed by atoms with van der Waals surface area (Å²) in [6.45, 7) is 8.94. The van der Waals surface area contributed by atoms with Crippen LogP contribution in [0.3, 0.4) is 0 Å². The highest BCUT2D eigenvalue weighted by atomic mass is 16.7. The van der Waals surface area contributed by atoms with E-state index in [-0.39, 0.29) is 11.9 Å². The van der Waals surface area contributed by atoms with Gasteiger partial charge in [0, 0.05) is 18.7 Å². The lowest BCUT2D eigenvalue weighted by Gasteiger charge is -2.32. The second-order valence-electron chi connectivity index (χ2n) is 7.90. The summed E-state index contributed by atoms with van der Waals surface area (Å²) in [5, 5.41) is 11.2. The fraction of sp³-hybridized carbons (Fsp3) is 0.556. The van der Waals surface area contributed by atoms with Crippen molar-refractivity contribution in [1.82, 2.24) is 10.2 Å². The number of hydrogen-bond acceptors (Lipinski definition) is 4. The van der Waals surface area contributed by atoms with E-state index in [1.165, 1.54) is 0 Å². The number of benzene rings is 1. The maximum Gasteiger partial charge on any atom is 0.494 e. The SMILES string of the molecule is CC1(C)OB(c2ccc(C(=O)N3CCC(NC(=O)O)C3)cc2)OC1(C)C. The average molecular weight is 360 g/mol. The van der Waals surface area contributed by atoms with Crippen molar-refractivity contribution < 1.29 is 24.0 Å². The van der Waals surface area contributed by atoms with E-state index in [0.717, 1.165) is 5.46 Å². The molecule has 0 saturated carbocycles. The molecule has 2 aliphatic rings. The lowest BCUT2D eigenvalue weighted by molar-refractivity contribution is 0.00578. The van der Waals surface area contributed by atoms with Gasteiger partial charge in [-0.1, -0.05) is 12.1 Å². The zero-order chi connectivity index (χ0) is 19.1. The molecule has 140 valence electrons. The lowest BCUT2D eigenvalue weighted by atomic mass is 9.79. The van der Waals surface area contributed by atoms with E-state index in [1.54, 1.807) is 17.0 Å². The maximum absolute atomic E-state index is 12.6. The fourth-order valence-corrected chi connectivity index (χ4v) is 3.18. The molecule has 0 aromatic heterocycles. The van der Waals surface area contributed by atoms with Crippen LogP contribution in [0.2, 0.25) is 0 Å². The van der Waals surface area contributed by atoms with Gasteiger partial charge in [0.15, 0.2) is 0 Å². The second kappa shape index (κ2) is 6.59. The third kappa shape index (κ3) is 3.57. The molecule has 7 nitrogen and oxygen atoms in total. The molecule has 1 aromatic carbocycles. The van der Waals surface area contributed by atoms with Crippen molar-refractivity contribution in [2.75, 3.05) is 13.1 Å². The normalized spacial score (nSPS) is 23.9. The van der Waals surface area contributed by atoms with Crippen LogP contribution in [-0.2, 0) is 9.31 Å². The van der Waals surface area contributed by atoms with E-state index in [0.29, 0.717) is 25.1 Å². The average Bonchev–Trinajstić information content (AvgIpc) is 3.08.